The third-order valence-corrected chi connectivity index (χ3v) is 5.53. The van der Waals surface area contributed by atoms with Gasteiger partial charge >= 0.3 is 0 Å². The Labute approximate surface area is 189 Å². The SMILES string of the molecule is N#C/C(=C\c1cn(Cc2ccccc2)nc1-c1ccccc1)C(=O)Nc1sccc1C#N. The Morgan fingerprint density at radius 2 is 1.78 bits per heavy atom. The van der Waals surface area contributed by atoms with Crippen LogP contribution in [0.3, 0.4) is 0 Å². The second kappa shape index (κ2) is 9.57. The van der Waals surface area contributed by atoms with E-state index in [1.165, 1.54) is 17.4 Å². The standard InChI is InChI=1S/C25H17N5OS/c26-14-20-11-12-32-25(20)28-24(31)21(15-27)13-22-17-30(16-18-7-3-1-4-8-18)29-23(22)19-9-5-2-6-10-19/h1-13,17H,16H2,(H,28,31)/b21-13+. The molecule has 0 bridgehead atoms. The van der Waals surface area contributed by atoms with Gasteiger partial charge in [-0.05, 0) is 23.1 Å². The third-order valence-electron chi connectivity index (χ3n) is 4.70. The summed E-state index contributed by atoms with van der Waals surface area (Å²) in [4.78, 5) is 12.7. The molecule has 32 heavy (non-hydrogen) atoms. The van der Waals surface area contributed by atoms with Crippen LogP contribution in [0.1, 0.15) is 16.7 Å². The maximum Gasteiger partial charge on any atom is 0.266 e. The van der Waals surface area contributed by atoms with Gasteiger partial charge in [0.05, 0.1) is 17.8 Å². The number of benzene rings is 2. The molecule has 0 atom stereocenters. The van der Waals surface area contributed by atoms with Gasteiger partial charge in [-0.3, -0.25) is 9.48 Å². The summed E-state index contributed by atoms with van der Waals surface area (Å²) in [6.45, 7) is 0.559. The van der Waals surface area contributed by atoms with E-state index in [4.69, 9.17) is 10.4 Å². The summed E-state index contributed by atoms with van der Waals surface area (Å²) in [7, 11) is 0. The minimum Gasteiger partial charge on any atom is -0.312 e. The average Bonchev–Trinajstić information content (AvgIpc) is 3.44. The number of thiophene rings is 1. The number of aromatic nitrogens is 2. The maximum absolute atomic E-state index is 12.7. The first-order valence-electron chi connectivity index (χ1n) is 9.75. The van der Waals surface area contributed by atoms with Crippen LogP contribution in [0.25, 0.3) is 17.3 Å². The number of hydrogen-bond donors (Lipinski definition) is 1. The molecule has 1 amide bonds. The van der Waals surface area contributed by atoms with Crippen LogP contribution in [-0.4, -0.2) is 15.7 Å². The molecule has 154 valence electrons. The zero-order valence-electron chi connectivity index (χ0n) is 16.9. The van der Waals surface area contributed by atoms with Crippen molar-refractivity contribution in [3.8, 4) is 23.4 Å². The topological polar surface area (TPSA) is 94.5 Å². The van der Waals surface area contributed by atoms with Crippen molar-refractivity contribution >= 4 is 28.3 Å². The number of amides is 1. The fourth-order valence-corrected chi connectivity index (χ4v) is 3.92. The van der Waals surface area contributed by atoms with E-state index in [9.17, 15) is 10.1 Å². The minimum atomic E-state index is -0.568. The quantitative estimate of drug-likeness (QED) is 0.338. The molecule has 2 aromatic carbocycles. The predicted octanol–water partition coefficient (Wildman–Crippen LogP) is 5.08. The van der Waals surface area contributed by atoms with Gasteiger partial charge in [-0.2, -0.15) is 15.6 Å². The number of carbonyl (C=O) groups excluding carboxylic acids is 1. The largest absolute Gasteiger partial charge is 0.312 e. The van der Waals surface area contributed by atoms with Gasteiger partial charge in [0.2, 0.25) is 0 Å². The molecule has 0 saturated carbocycles. The van der Waals surface area contributed by atoms with Crippen LogP contribution in [0.15, 0.2) is 83.9 Å². The Kier molecular flexibility index (Phi) is 6.22. The second-order valence-corrected chi connectivity index (χ2v) is 7.80. The fourth-order valence-electron chi connectivity index (χ4n) is 3.18. The lowest BCUT2D eigenvalue weighted by atomic mass is 10.1. The zero-order chi connectivity index (χ0) is 22.3. The Balaban J connectivity index is 1.70. The molecule has 6 nitrogen and oxygen atoms in total. The molecule has 0 aliphatic rings. The first-order valence-corrected chi connectivity index (χ1v) is 10.6. The Hall–Kier alpha value is -4.46. The summed E-state index contributed by atoms with van der Waals surface area (Å²) in [5.41, 5.74) is 3.60. The van der Waals surface area contributed by atoms with E-state index in [2.05, 4.69) is 5.32 Å². The van der Waals surface area contributed by atoms with Gasteiger partial charge in [0.25, 0.3) is 5.91 Å². The summed E-state index contributed by atoms with van der Waals surface area (Å²) < 4.78 is 1.80. The molecule has 0 aliphatic heterocycles. The highest BCUT2D eigenvalue weighted by Crippen LogP contribution is 2.26. The van der Waals surface area contributed by atoms with Crippen molar-refractivity contribution < 1.29 is 4.79 Å². The number of carbonyl (C=O) groups is 1. The molecule has 2 aromatic heterocycles. The van der Waals surface area contributed by atoms with Crippen LogP contribution in [0.2, 0.25) is 0 Å². The average molecular weight is 436 g/mol. The van der Waals surface area contributed by atoms with Crippen molar-refractivity contribution in [3.63, 3.8) is 0 Å². The number of nitrogens with one attached hydrogen (secondary N) is 1. The summed E-state index contributed by atoms with van der Waals surface area (Å²) in [5, 5.41) is 28.3. The molecule has 2 heterocycles. The van der Waals surface area contributed by atoms with Crippen molar-refractivity contribution in [2.75, 3.05) is 5.32 Å². The highest BCUT2D eigenvalue weighted by atomic mass is 32.1. The highest BCUT2D eigenvalue weighted by molar-refractivity contribution is 7.14. The van der Waals surface area contributed by atoms with Gasteiger partial charge in [0, 0.05) is 17.3 Å². The van der Waals surface area contributed by atoms with Crippen LogP contribution in [-0.2, 0) is 11.3 Å². The molecule has 1 N–H and O–H groups in total. The Morgan fingerprint density at radius 3 is 2.47 bits per heavy atom. The van der Waals surface area contributed by atoms with Crippen molar-refractivity contribution in [1.82, 2.24) is 9.78 Å². The monoisotopic (exact) mass is 435 g/mol. The van der Waals surface area contributed by atoms with Crippen LogP contribution in [0.5, 0.6) is 0 Å². The van der Waals surface area contributed by atoms with Crippen molar-refractivity contribution in [1.29, 1.82) is 10.5 Å². The molecule has 0 unspecified atom stereocenters. The summed E-state index contributed by atoms with van der Waals surface area (Å²) in [6.07, 6.45) is 3.36. The molecule has 4 aromatic rings. The summed E-state index contributed by atoms with van der Waals surface area (Å²) in [5.74, 6) is -0.568. The number of hydrogen-bond acceptors (Lipinski definition) is 5. The third kappa shape index (κ3) is 4.65. The van der Waals surface area contributed by atoms with Crippen molar-refractivity contribution in [2.45, 2.75) is 6.54 Å². The molecular weight excluding hydrogens is 418 g/mol. The predicted molar refractivity (Wildman–Crippen MR) is 124 cm³/mol. The number of nitrogens with zero attached hydrogens (tertiary/aromatic N) is 4. The normalized spacial score (nSPS) is 10.9. The Morgan fingerprint density at radius 1 is 1.06 bits per heavy atom. The zero-order valence-corrected chi connectivity index (χ0v) is 17.7. The number of rotatable bonds is 6. The molecule has 0 aliphatic carbocycles. The van der Waals surface area contributed by atoms with Crippen LogP contribution in [0, 0.1) is 22.7 Å². The van der Waals surface area contributed by atoms with Crippen LogP contribution < -0.4 is 5.32 Å². The maximum atomic E-state index is 12.7. The molecule has 0 saturated heterocycles. The first kappa shape index (κ1) is 20.8. The van der Waals surface area contributed by atoms with Crippen LogP contribution >= 0.6 is 11.3 Å². The van der Waals surface area contributed by atoms with E-state index >= 15 is 0 Å². The molecule has 0 spiro atoms. The van der Waals surface area contributed by atoms with Crippen LogP contribution in [0.4, 0.5) is 5.00 Å². The van der Waals surface area contributed by atoms with E-state index in [1.54, 1.807) is 16.1 Å². The lowest BCUT2D eigenvalue weighted by molar-refractivity contribution is -0.112. The van der Waals surface area contributed by atoms with Crippen molar-refractivity contribution in [3.05, 3.63) is 101 Å². The summed E-state index contributed by atoms with van der Waals surface area (Å²) >= 11 is 1.23. The molecule has 4 rings (SSSR count). The van der Waals surface area contributed by atoms with Gasteiger partial charge in [-0.1, -0.05) is 60.7 Å². The second-order valence-electron chi connectivity index (χ2n) is 6.88. The fraction of sp³-hybridized carbons (Fsp3) is 0.0400. The smallest absolute Gasteiger partial charge is 0.266 e. The van der Waals surface area contributed by atoms with Gasteiger partial charge in [-0.15, -0.1) is 11.3 Å². The first-order chi connectivity index (χ1) is 15.7. The Bertz CT molecular complexity index is 1350. The van der Waals surface area contributed by atoms with E-state index in [-0.39, 0.29) is 5.57 Å². The van der Waals surface area contributed by atoms with E-state index in [1.807, 2.05) is 79.0 Å². The molecular formula is C25H17N5OS. The highest BCUT2D eigenvalue weighted by Gasteiger charge is 2.16. The minimum absolute atomic E-state index is 0.0706. The lowest BCUT2D eigenvalue weighted by Crippen LogP contribution is -2.13. The van der Waals surface area contributed by atoms with Gasteiger partial charge in [0.1, 0.15) is 22.7 Å². The van der Waals surface area contributed by atoms with E-state index < -0.39 is 5.91 Å². The van der Waals surface area contributed by atoms with Gasteiger partial charge < -0.3 is 5.32 Å². The number of anilines is 1. The molecule has 0 fully saturated rings. The molecule has 7 heteroatoms. The lowest BCUT2D eigenvalue weighted by Gasteiger charge is -2.02. The van der Waals surface area contributed by atoms with Gasteiger partial charge in [-0.25, -0.2) is 0 Å². The van der Waals surface area contributed by atoms with Crippen molar-refractivity contribution in [2.24, 2.45) is 0 Å². The van der Waals surface area contributed by atoms with E-state index in [0.717, 1.165) is 11.1 Å². The van der Waals surface area contributed by atoms with Gasteiger partial charge in [0.15, 0.2) is 0 Å². The summed E-state index contributed by atoms with van der Waals surface area (Å²) in [6, 6.07) is 25.2. The van der Waals surface area contributed by atoms with E-state index in [0.29, 0.717) is 28.4 Å². The molecule has 0 radical (unpaired) electrons. The number of nitriles is 2.